The van der Waals surface area contributed by atoms with Crippen molar-refractivity contribution in [2.45, 2.75) is 19.4 Å². The third-order valence-corrected chi connectivity index (χ3v) is 3.85. The van der Waals surface area contributed by atoms with Crippen molar-refractivity contribution < 1.29 is 4.79 Å². The number of carbonyl (C=O) groups excluding carboxylic acids is 1. The average molecular weight is 331 g/mol. The Morgan fingerprint density at radius 3 is 2.28 bits per heavy atom. The number of aromatic nitrogens is 1. The van der Waals surface area contributed by atoms with Gasteiger partial charge in [0.1, 0.15) is 0 Å². The molecule has 1 heterocycles. The van der Waals surface area contributed by atoms with Crippen LogP contribution in [0.15, 0.2) is 79.0 Å². The van der Waals surface area contributed by atoms with Gasteiger partial charge in [-0.25, -0.2) is 0 Å². The maximum atomic E-state index is 12.0. The van der Waals surface area contributed by atoms with Crippen LogP contribution in [0.4, 0.5) is 11.4 Å². The van der Waals surface area contributed by atoms with Gasteiger partial charge in [0.15, 0.2) is 0 Å². The van der Waals surface area contributed by atoms with Crippen LogP contribution in [0.5, 0.6) is 0 Å². The summed E-state index contributed by atoms with van der Waals surface area (Å²) in [5, 5.41) is 6.25. The second-order valence-corrected chi connectivity index (χ2v) is 5.79. The van der Waals surface area contributed by atoms with Gasteiger partial charge in [0, 0.05) is 24.0 Å². The smallest absolute Gasteiger partial charge is 0.224 e. The van der Waals surface area contributed by atoms with E-state index in [-0.39, 0.29) is 5.91 Å². The van der Waals surface area contributed by atoms with E-state index in [0.717, 1.165) is 23.5 Å². The Kier molecular flexibility index (Phi) is 5.77. The minimum absolute atomic E-state index is 0.0260. The molecule has 0 spiro atoms. The second-order valence-electron chi connectivity index (χ2n) is 5.79. The van der Waals surface area contributed by atoms with Gasteiger partial charge in [0.25, 0.3) is 0 Å². The highest BCUT2D eigenvalue weighted by Crippen LogP contribution is 2.15. The Labute approximate surface area is 147 Å². The molecular formula is C21H21N3O. The SMILES string of the molecule is O=C(CCc1ccccc1)Nc1ccc(NCc2ccccn2)cc1. The molecule has 25 heavy (non-hydrogen) atoms. The molecule has 3 rings (SSSR count). The van der Waals surface area contributed by atoms with Crippen LogP contribution in [0.25, 0.3) is 0 Å². The summed E-state index contributed by atoms with van der Waals surface area (Å²) in [5.41, 5.74) is 3.96. The van der Waals surface area contributed by atoms with E-state index in [9.17, 15) is 4.79 Å². The van der Waals surface area contributed by atoms with Gasteiger partial charge in [-0.1, -0.05) is 36.4 Å². The average Bonchev–Trinajstić information content (AvgIpc) is 2.67. The Hall–Kier alpha value is -3.14. The highest BCUT2D eigenvalue weighted by Gasteiger charge is 2.03. The number of rotatable bonds is 7. The number of hydrogen-bond acceptors (Lipinski definition) is 3. The largest absolute Gasteiger partial charge is 0.379 e. The fourth-order valence-electron chi connectivity index (χ4n) is 2.49. The summed E-state index contributed by atoms with van der Waals surface area (Å²) in [7, 11) is 0. The van der Waals surface area contributed by atoms with Gasteiger partial charge in [-0.15, -0.1) is 0 Å². The first-order valence-corrected chi connectivity index (χ1v) is 8.37. The van der Waals surface area contributed by atoms with Crippen molar-refractivity contribution >= 4 is 17.3 Å². The predicted octanol–water partition coefficient (Wildman–Crippen LogP) is 4.27. The lowest BCUT2D eigenvalue weighted by molar-refractivity contribution is -0.116. The van der Waals surface area contributed by atoms with E-state index in [1.807, 2.05) is 72.8 Å². The minimum Gasteiger partial charge on any atom is -0.379 e. The molecule has 1 amide bonds. The van der Waals surface area contributed by atoms with Crippen molar-refractivity contribution in [2.75, 3.05) is 10.6 Å². The molecule has 0 saturated heterocycles. The van der Waals surface area contributed by atoms with E-state index in [2.05, 4.69) is 15.6 Å². The van der Waals surface area contributed by atoms with Crippen LogP contribution in [-0.2, 0) is 17.8 Å². The first-order chi connectivity index (χ1) is 12.3. The van der Waals surface area contributed by atoms with Gasteiger partial charge >= 0.3 is 0 Å². The molecule has 0 aliphatic carbocycles. The predicted molar refractivity (Wildman–Crippen MR) is 101 cm³/mol. The quantitative estimate of drug-likeness (QED) is 0.680. The molecule has 2 aromatic carbocycles. The Morgan fingerprint density at radius 2 is 1.56 bits per heavy atom. The van der Waals surface area contributed by atoms with Crippen molar-refractivity contribution in [3.63, 3.8) is 0 Å². The first kappa shape index (κ1) is 16.7. The number of benzene rings is 2. The number of nitrogens with zero attached hydrogens (tertiary/aromatic N) is 1. The van der Waals surface area contributed by atoms with Crippen molar-refractivity contribution in [1.82, 2.24) is 4.98 Å². The molecule has 0 atom stereocenters. The molecule has 0 fully saturated rings. The van der Waals surface area contributed by atoms with Gasteiger partial charge in [0.05, 0.1) is 12.2 Å². The van der Waals surface area contributed by atoms with Gasteiger partial charge in [0.2, 0.25) is 5.91 Å². The molecule has 0 aliphatic heterocycles. The van der Waals surface area contributed by atoms with Gasteiger partial charge in [-0.3, -0.25) is 9.78 Å². The molecule has 2 N–H and O–H groups in total. The summed E-state index contributed by atoms with van der Waals surface area (Å²) in [6.07, 6.45) is 3.01. The zero-order chi connectivity index (χ0) is 17.3. The van der Waals surface area contributed by atoms with Crippen LogP contribution in [0.1, 0.15) is 17.7 Å². The number of amides is 1. The molecule has 4 heteroatoms. The Morgan fingerprint density at radius 1 is 0.840 bits per heavy atom. The molecule has 4 nitrogen and oxygen atoms in total. The number of aryl methyl sites for hydroxylation is 1. The zero-order valence-corrected chi connectivity index (χ0v) is 14.0. The fraction of sp³-hybridized carbons (Fsp3) is 0.143. The summed E-state index contributed by atoms with van der Waals surface area (Å²) in [5.74, 6) is 0.0260. The fourth-order valence-corrected chi connectivity index (χ4v) is 2.49. The summed E-state index contributed by atoms with van der Waals surface area (Å²) in [6.45, 7) is 0.670. The Bertz CT molecular complexity index is 786. The standard InChI is InChI=1S/C21H21N3O/c25-21(14-9-17-6-2-1-3-7-17)24-19-12-10-18(11-13-19)23-16-20-8-4-5-15-22-20/h1-8,10-13,15,23H,9,14,16H2,(H,24,25). The van der Waals surface area contributed by atoms with Crippen molar-refractivity contribution in [3.05, 3.63) is 90.3 Å². The lowest BCUT2D eigenvalue weighted by Crippen LogP contribution is -2.12. The van der Waals surface area contributed by atoms with Crippen molar-refractivity contribution in [2.24, 2.45) is 0 Å². The number of nitrogens with one attached hydrogen (secondary N) is 2. The molecule has 3 aromatic rings. The van der Waals surface area contributed by atoms with Gasteiger partial charge in [-0.2, -0.15) is 0 Å². The molecule has 0 bridgehead atoms. The minimum atomic E-state index is 0.0260. The monoisotopic (exact) mass is 331 g/mol. The molecule has 1 aromatic heterocycles. The topological polar surface area (TPSA) is 54.0 Å². The maximum absolute atomic E-state index is 12.0. The highest BCUT2D eigenvalue weighted by atomic mass is 16.1. The van der Waals surface area contributed by atoms with E-state index in [1.165, 1.54) is 5.56 Å². The highest BCUT2D eigenvalue weighted by molar-refractivity contribution is 5.91. The van der Waals surface area contributed by atoms with E-state index in [4.69, 9.17) is 0 Å². The van der Waals surface area contributed by atoms with Crippen LogP contribution in [0, 0.1) is 0 Å². The molecule has 0 radical (unpaired) electrons. The van der Waals surface area contributed by atoms with Crippen LogP contribution < -0.4 is 10.6 Å². The third-order valence-electron chi connectivity index (χ3n) is 3.85. The normalized spacial score (nSPS) is 10.2. The summed E-state index contributed by atoms with van der Waals surface area (Å²) < 4.78 is 0. The number of pyridine rings is 1. The van der Waals surface area contributed by atoms with E-state index in [0.29, 0.717) is 13.0 Å². The first-order valence-electron chi connectivity index (χ1n) is 8.37. The Balaban J connectivity index is 1.46. The van der Waals surface area contributed by atoms with Crippen LogP contribution in [0.3, 0.4) is 0 Å². The van der Waals surface area contributed by atoms with Crippen LogP contribution in [-0.4, -0.2) is 10.9 Å². The van der Waals surface area contributed by atoms with Crippen LogP contribution in [0.2, 0.25) is 0 Å². The number of anilines is 2. The number of carbonyl (C=O) groups is 1. The lowest BCUT2D eigenvalue weighted by Gasteiger charge is -2.08. The van der Waals surface area contributed by atoms with Crippen LogP contribution >= 0.6 is 0 Å². The molecule has 0 saturated carbocycles. The van der Waals surface area contributed by atoms with Crippen molar-refractivity contribution in [3.8, 4) is 0 Å². The second kappa shape index (κ2) is 8.64. The van der Waals surface area contributed by atoms with Gasteiger partial charge in [-0.05, 0) is 48.4 Å². The lowest BCUT2D eigenvalue weighted by atomic mass is 10.1. The molecule has 0 aliphatic rings. The summed E-state index contributed by atoms with van der Waals surface area (Å²) >= 11 is 0. The third kappa shape index (κ3) is 5.46. The zero-order valence-electron chi connectivity index (χ0n) is 14.0. The van der Waals surface area contributed by atoms with E-state index in [1.54, 1.807) is 6.20 Å². The molecular weight excluding hydrogens is 310 g/mol. The van der Waals surface area contributed by atoms with E-state index >= 15 is 0 Å². The summed E-state index contributed by atoms with van der Waals surface area (Å²) in [6, 6.07) is 23.6. The molecule has 0 unspecified atom stereocenters. The maximum Gasteiger partial charge on any atom is 0.224 e. The van der Waals surface area contributed by atoms with Gasteiger partial charge < -0.3 is 10.6 Å². The molecule has 126 valence electrons. The number of hydrogen-bond donors (Lipinski definition) is 2. The van der Waals surface area contributed by atoms with E-state index < -0.39 is 0 Å². The van der Waals surface area contributed by atoms with Crippen molar-refractivity contribution in [1.29, 1.82) is 0 Å². The summed E-state index contributed by atoms with van der Waals surface area (Å²) in [4.78, 5) is 16.3.